The lowest BCUT2D eigenvalue weighted by atomic mass is 10.1. The smallest absolute Gasteiger partial charge is 0.494 e. The second kappa shape index (κ2) is 4.48. The van der Waals surface area contributed by atoms with E-state index in [-0.39, 0.29) is 17.0 Å². The fourth-order valence-corrected chi connectivity index (χ4v) is 1.24. The standard InChI is InChI=1S/C9H10F3NO3/c1-15-8-5(4-14)2-6(3-7(8)13)16-9(10,11)12/h2-3,14H,4,13H2,1H3. The van der Waals surface area contributed by atoms with Gasteiger partial charge in [-0.05, 0) is 6.07 Å². The Bertz CT molecular complexity index is 379. The van der Waals surface area contributed by atoms with Gasteiger partial charge in [-0.2, -0.15) is 0 Å². The molecule has 0 saturated carbocycles. The molecule has 0 amide bonds. The van der Waals surface area contributed by atoms with Crippen LogP contribution < -0.4 is 15.2 Å². The Morgan fingerprint density at radius 1 is 1.38 bits per heavy atom. The number of methoxy groups -OCH3 is 1. The molecule has 0 aliphatic carbocycles. The minimum Gasteiger partial charge on any atom is -0.494 e. The molecule has 0 aliphatic rings. The third kappa shape index (κ3) is 2.93. The summed E-state index contributed by atoms with van der Waals surface area (Å²) in [4.78, 5) is 0. The highest BCUT2D eigenvalue weighted by molar-refractivity contribution is 5.60. The second-order valence-electron chi connectivity index (χ2n) is 2.91. The summed E-state index contributed by atoms with van der Waals surface area (Å²) in [5.74, 6) is -0.355. The number of hydrogen-bond acceptors (Lipinski definition) is 4. The highest BCUT2D eigenvalue weighted by Crippen LogP contribution is 2.33. The first kappa shape index (κ1) is 12.4. The van der Waals surface area contributed by atoms with Crippen LogP contribution >= 0.6 is 0 Å². The van der Waals surface area contributed by atoms with Crippen molar-refractivity contribution in [2.45, 2.75) is 13.0 Å². The van der Waals surface area contributed by atoms with Crippen LogP contribution in [0.3, 0.4) is 0 Å². The average molecular weight is 237 g/mol. The minimum atomic E-state index is -4.80. The first-order valence-electron chi connectivity index (χ1n) is 4.20. The lowest BCUT2D eigenvalue weighted by Crippen LogP contribution is -2.17. The lowest BCUT2D eigenvalue weighted by molar-refractivity contribution is -0.274. The number of halogens is 3. The van der Waals surface area contributed by atoms with E-state index in [1.807, 2.05) is 0 Å². The molecule has 0 heterocycles. The Kier molecular flexibility index (Phi) is 3.48. The van der Waals surface area contributed by atoms with Crippen LogP contribution in [0.1, 0.15) is 5.56 Å². The average Bonchev–Trinajstić information content (AvgIpc) is 2.14. The van der Waals surface area contributed by atoms with Crippen molar-refractivity contribution in [3.63, 3.8) is 0 Å². The Morgan fingerprint density at radius 2 is 2.00 bits per heavy atom. The number of rotatable bonds is 3. The van der Waals surface area contributed by atoms with Crippen LogP contribution in [0.25, 0.3) is 0 Å². The highest BCUT2D eigenvalue weighted by Gasteiger charge is 2.31. The molecule has 0 unspecified atom stereocenters. The maximum absolute atomic E-state index is 11.9. The monoisotopic (exact) mass is 237 g/mol. The third-order valence-corrected chi connectivity index (χ3v) is 1.78. The van der Waals surface area contributed by atoms with Crippen LogP contribution in [0.15, 0.2) is 12.1 Å². The van der Waals surface area contributed by atoms with E-state index in [0.717, 1.165) is 12.1 Å². The van der Waals surface area contributed by atoms with Gasteiger partial charge in [0.25, 0.3) is 0 Å². The van der Waals surface area contributed by atoms with E-state index in [9.17, 15) is 13.2 Å². The summed E-state index contributed by atoms with van der Waals surface area (Å²) in [6.45, 7) is -0.498. The number of ether oxygens (including phenoxy) is 2. The number of nitrogen functional groups attached to an aromatic ring is 1. The van der Waals surface area contributed by atoms with E-state index in [1.54, 1.807) is 0 Å². The second-order valence-corrected chi connectivity index (χ2v) is 2.91. The van der Waals surface area contributed by atoms with Gasteiger partial charge in [-0.3, -0.25) is 0 Å². The van der Waals surface area contributed by atoms with Crippen molar-refractivity contribution in [3.05, 3.63) is 17.7 Å². The Morgan fingerprint density at radius 3 is 2.44 bits per heavy atom. The first-order chi connectivity index (χ1) is 7.37. The molecular formula is C9H10F3NO3. The van der Waals surface area contributed by atoms with Crippen molar-refractivity contribution in [2.24, 2.45) is 0 Å². The molecule has 0 saturated heterocycles. The normalized spacial score (nSPS) is 11.3. The summed E-state index contributed by atoms with van der Waals surface area (Å²) in [5, 5.41) is 8.92. The van der Waals surface area contributed by atoms with Crippen LogP contribution in [0.2, 0.25) is 0 Å². The van der Waals surface area contributed by atoms with Crippen molar-refractivity contribution in [3.8, 4) is 11.5 Å². The summed E-state index contributed by atoms with van der Waals surface area (Å²) in [5.41, 5.74) is 5.54. The van der Waals surface area contributed by atoms with Crippen LogP contribution in [0, 0.1) is 0 Å². The molecule has 1 rings (SSSR count). The number of alkyl halides is 3. The van der Waals surface area contributed by atoms with Crippen molar-refractivity contribution in [1.29, 1.82) is 0 Å². The predicted octanol–water partition coefficient (Wildman–Crippen LogP) is 1.67. The van der Waals surface area contributed by atoms with Gasteiger partial charge in [0.1, 0.15) is 11.5 Å². The summed E-state index contributed by atoms with van der Waals surface area (Å²) >= 11 is 0. The minimum absolute atomic E-state index is 0.0340. The molecule has 0 bridgehead atoms. The summed E-state index contributed by atoms with van der Waals surface area (Å²) in [6, 6.07) is 1.99. The summed E-state index contributed by atoms with van der Waals surface area (Å²) < 4.78 is 44.3. The predicted molar refractivity (Wildman–Crippen MR) is 50.0 cm³/mol. The highest BCUT2D eigenvalue weighted by atomic mass is 19.4. The van der Waals surface area contributed by atoms with Crippen molar-refractivity contribution >= 4 is 5.69 Å². The fraction of sp³-hybridized carbons (Fsp3) is 0.333. The third-order valence-electron chi connectivity index (χ3n) is 1.78. The molecule has 16 heavy (non-hydrogen) atoms. The quantitative estimate of drug-likeness (QED) is 0.785. The van der Waals surface area contributed by atoms with E-state index in [0.29, 0.717) is 0 Å². The molecule has 7 heteroatoms. The molecule has 1 aromatic rings. The molecule has 0 fully saturated rings. The fourth-order valence-electron chi connectivity index (χ4n) is 1.24. The van der Waals surface area contributed by atoms with E-state index in [1.165, 1.54) is 7.11 Å². The number of nitrogens with two attached hydrogens (primary N) is 1. The molecule has 0 radical (unpaired) electrons. The summed E-state index contributed by atoms with van der Waals surface area (Å²) in [7, 11) is 1.30. The van der Waals surface area contributed by atoms with Gasteiger partial charge in [-0.25, -0.2) is 0 Å². The van der Waals surface area contributed by atoms with Crippen LogP contribution in [-0.4, -0.2) is 18.6 Å². The van der Waals surface area contributed by atoms with Gasteiger partial charge in [0, 0.05) is 11.6 Å². The van der Waals surface area contributed by atoms with Gasteiger partial charge in [0.15, 0.2) is 0 Å². The van der Waals surface area contributed by atoms with E-state index >= 15 is 0 Å². The lowest BCUT2D eigenvalue weighted by Gasteiger charge is -2.14. The molecular weight excluding hydrogens is 227 g/mol. The molecule has 0 aromatic heterocycles. The van der Waals surface area contributed by atoms with E-state index in [2.05, 4.69) is 4.74 Å². The van der Waals surface area contributed by atoms with Gasteiger partial charge in [-0.1, -0.05) is 0 Å². The van der Waals surface area contributed by atoms with Crippen molar-refractivity contribution < 1.29 is 27.8 Å². The SMILES string of the molecule is COc1c(N)cc(OC(F)(F)F)cc1CO. The van der Waals surface area contributed by atoms with Gasteiger partial charge in [0.2, 0.25) is 0 Å². The zero-order chi connectivity index (χ0) is 12.3. The zero-order valence-corrected chi connectivity index (χ0v) is 8.34. The Labute approximate surface area is 89.4 Å². The van der Waals surface area contributed by atoms with E-state index < -0.39 is 18.7 Å². The zero-order valence-electron chi connectivity index (χ0n) is 8.34. The molecule has 3 N–H and O–H groups in total. The molecule has 90 valence electrons. The molecule has 0 aliphatic heterocycles. The van der Waals surface area contributed by atoms with Crippen LogP contribution in [-0.2, 0) is 6.61 Å². The number of benzene rings is 1. The Hall–Kier alpha value is -1.63. The van der Waals surface area contributed by atoms with Crippen molar-refractivity contribution in [1.82, 2.24) is 0 Å². The molecule has 0 spiro atoms. The maximum Gasteiger partial charge on any atom is 0.573 e. The van der Waals surface area contributed by atoms with Crippen LogP contribution in [0.5, 0.6) is 11.5 Å². The number of aliphatic hydroxyl groups excluding tert-OH is 1. The largest absolute Gasteiger partial charge is 0.573 e. The number of aliphatic hydroxyl groups is 1. The van der Waals surface area contributed by atoms with Crippen LogP contribution in [0.4, 0.5) is 18.9 Å². The maximum atomic E-state index is 11.9. The van der Waals surface area contributed by atoms with Crippen molar-refractivity contribution in [2.75, 3.05) is 12.8 Å². The van der Waals surface area contributed by atoms with Gasteiger partial charge < -0.3 is 20.3 Å². The van der Waals surface area contributed by atoms with Gasteiger partial charge in [0.05, 0.1) is 19.4 Å². The van der Waals surface area contributed by atoms with E-state index in [4.69, 9.17) is 15.6 Å². The van der Waals surface area contributed by atoms with Gasteiger partial charge in [-0.15, -0.1) is 13.2 Å². The Balaban J connectivity index is 3.10. The molecule has 0 atom stereocenters. The molecule has 1 aromatic carbocycles. The summed E-state index contributed by atoms with van der Waals surface area (Å²) in [6.07, 6.45) is -4.80. The number of anilines is 1. The number of hydrogen-bond donors (Lipinski definition) is 2. The first-order valence-corrected chi connectivity index (χ1v) is 4.20. The molecule has 4 nitrogen and oxygen atoms in total. The van der Waals surface area contributed by atoms with Gasteiger partial charge >= 0.3 is 6.36 Å². The topological polar surface area (TPSA) is 64.7 Å².